The van der Waals surface area contributed by atoms with Crippen LogP contribution in [-0.2, 0) is 5.41 Å². The third kappa shape index (κ3) is 5.34. The van der Waals surface area contributed by atoms with Crippen LogP contribution in [0.2, 0.25) is 0 Å². The fraction of sp³-hybridized carbons (Fsp3) is 0.0164. The molecule has 64 heavy (non-hydrogen) atoms. The van der Waals surface area contributed by atoms with E-state index in [0.717, 1.165) is 55.8 Å². The Morgan fingerprint density at radius 1 is 0.344 bits per heavy atom. The Morgan fingerprint density at radius 2 is 0.859 bits per heavy atom. The summed E-state index contributed by atoms with van der Waals surface area (Å²) >= 11 is 0. The number of furan rings is 1. The molecular weight excluding hydrogens is 777 g/mol. The number of hydrogen-bond acceptors (Lipinski definition) is 3. The van der Waals surface area contributed by atoms with E-state index in [1.54, 1.807) is 0 Å². The lowest BCUT2D eigenvalue weighted by Gasteiger charge is -2.45. The topological polar surface area (TPSA) is 19.6 Å². The summed E-state index contributed by atoms with van der Waals surface area (Å²) in [5.41, 5.74) is 20.3. The highest BCUT2D eigenvalue weighted by Gasteiger charge is 2.51. The van der Waals surface area contributed by atoms with E-state index >= 15 is 0 Å². The van der Waals surface area contributed by atoms with Crippen LogP contribution in [0, 0.1) is 0 Å². The predicted molar refractivity (Wildman–Crippen MR) is 265 cm³/mol. The highest BCUT2D eigenvalue weighted by atomic mass is 16.3. The summed E-state index contributed by atoms with van der Waals surface area (Å²) in [5.74, 6) is 0. The van der Waals surface area contributed by atoms with Gasteiger partial charge in [0, 0.05) is 39.1 Å². The summed E-state index contributed by atoms with van der Waals surface area (Å²) in [7, 11) is 0. The van der Waals surface area contributed by atoms with Crippen LogP contribution in [0.5, 0.6) is 0 Å². The van der Waals surface area contributed by atoms with Crippen molar-refractivity contribution in [2.24, 2.45) is 0 Å². The van der Waals surface area contributed by atoms with Gasteiger partial charge in [0.25, 0.3) is 0 Å². The number of para-hydroxylation sites is 5. The SMILES string of the molecule is c1ccc(-c2ccc(N(c3ccc(-c4cccc5c4oc4ccccc45)cc3)c3ccc4c(c3)-c3ccccc3C43c4ccccc4N(c4ccccc4)c4ccccc43)cc2)cc1. The monoisotopic (exact) mass is 816 g/mol. The first kappa shape index (κ1) is 36.3. The van der Waals surface area contributed by atoms with Gasteiger partial charge in [-0.05, 0) is 117 Å². The second kappa shape index (κ2) is 14.3. The van der Waals surface area contributed by atoms with Gasteiger partial charge < -0.3 is 14.2 Å². The summed E-state index contributed by atoms with van der Waals surface area (Å²) in [4.78, 5) is 4.83. The number of fused-ring (bicyclic) bond motifs is 12. The zero-order valence-corrected chi connectivity index (χ0v) is 34.9. The fourth-order valence-corrected chi connectivity index (χ4v) is 10.7. The van der Waals surface area contributed by atoms with Gasteiger partial charge in [-0.1, -0.05) is 176 Å². The summed E-state index contributed by atoms with van der Waals surface area (Å²) in [6.45, 7) is 0. The Balaban J connectivity index is 0.991. The van der Waals surface area contributed by atoms with Crippen molar-refractivity contribution >= 4 is 56.1 Å². The Labute approximate surface area is 372 Å². The number of anilines is 6. The molecule has 3 nitrogen and oxygen atoms in total. The van der Waals surface area contributed by atoms with Gasteiger partial charge in [-0.15, -0.1) is 0 Å². The molecular formula is C61H40N2O. The van der Waals surface area contributed by atoms with E-state index in [2.05, 4.69) is 240 Å². The standard InChI is InChI=1S/C61H40N2O/c1-3-16-41(17-4-1)42-30-34-45(35-31-42)62(46-36-32-43(33-37-46)48-22-15-23-51-50-21-8-14-29-59(50)64-60(48)51)47-38-39-54-52(40-47)49-20-7-9-24-53(49)61(54)55-25-10-12-27-57(55)63(44-18-5-2-6-19-44)58-28-13-11-26-56(58)61/h1-40H. The molecule has 11 aromatic rings. The molecule has 13 rings (SSSR count). The summed E-state index contributed by atoms with van der Waals surface area (Å²) in [6.07, 6.45) is 0. The lowest BCUT2D eigenvalue weighted by atomic mass is 9.64. The molecule has 10 aromatic carbocycles. The maximum Gasteiger partial charge on any atom is 0.143 e. The van der Waals surface area contributed by atoms with E-state index in [1.165, 1.54) is 55.9 Å². The number of hydrogen-bond donors (Lipinski definition) is 0. The molecule has 0 N–H and O–H groups in total. The van der Waals surface area contributed by atoms with Gasteiger partial charge in [-0.25, -0.2) is 0 Å². The molecule has 2 aliphatic rings. The third-order valence-corrected chi connectivity index (χ3v) is 13.5. The van der Waals surface area contributed by atoms with Crippen LogP contribution in [0.15, 0.2) is 247 Å². The molecule has 1 aliphatic carbocycles. The van der Waals surface area contributed by atoms with Gasteiger partial charge in [-0.3, -0.25) is 0 Å². The molecule has 0 atom stereocenters. The molecule has 0 unspecified atom stereocenters. The third-order valence-electron chi connectivity index (χ3n) is 13.5. The second-order valence-corrected chi connectivity index (χ2v) is 16.8. The van der Waals surface area contributed by atoms with Crippen molar-refractivity contribution in [3.63, 3.8) is 0 Å². The highest BCUT2D eigenvalue weighted by Crippen LogP contribution is 2.63. The van der Waals surface area contributed by atoms with Crippen molar-refractivity contribution < 1.29 is 4.42 Å². The molecule has 0 bridgehead atoms. The fourth-order valence-electron chi connectivity index (χ4n) is 10.7. The average molecular weight is 817 g/mol. The molecule has 0 saturated heterocycles. The largest absolute Gasteiger partial charge is 0.455 e. The predicted octanol–water partition coefficient (Wildman–Crippen LogP) is 16.5. The maximum absolute atomic E-state index is 6.48. The number of benzene rings is 10. The molecule has 2 heterocycles. The number of rotatable bonds is 6. The van der Waals surface area contributed by atoms with E-state index in [-0.39, 0.29) is 0 Å². The second-order valence-electron chi connectivity index (χ2n) is 16.8. The Morgan fingerprint density at radius 3 is 1.58 bits per heavy atom. The van der Waals surface area contributed by atoms with Crippen molar-refractivity contribution in [1.29, 1.82) is 0 Å². The lowest BCUT2D eigenvalue weighted by Crippen LogP contribution is -2.36. The molecule has 1 spiro atoms. The van der Waals surface area contributed by atoms with Gasteiger partial charge in [0.1, 0.15) is 11.2 Å². The van der Waals surface area contributed by atoms with Crippen molar-refractivity contribution in [3.8, 4) is 33.4 Å². The lowest BCUT2D eigenvalue weighted by molar-refractivity contribution is 0.670. The normalized spacial score (nSPS) is 13.1. The first-order valence-electron chi connectivity index (χ1n) is 22.0. The van der Waals surface area contributed by atoms with E-state index in [4.69, 9.17) is 4.42 Å². The summed E-state index contributed by atoms with van der Waals surface area (Å²) in [5, 5.41) is 2.26. The average Bonchev–Trinajstić information content (AvgIpc) is 3.89. The zero-order valence-electron chi connectivity index (χ0n) is 34.9. The highest BCUT2D eigenvalue weighted by molar-refractivity contribution is 6.09. The Kier molecular flexibility index (Phi) is 8.13. The van der Waals surface area contributed by atoms with Crippen LogP contribution in [-0.4, -0.2) is 0 Å². The van der Waals surface area contributed by atoms with Crippen molar-refractivity contribution in [2.45, 2.75) is 5.41 Å². The van der Waals surface area contributed by atoms with E-state index in [1.807, 2.05) is 12.1 Å². The molecule has 0 amide bonds. The first-order chi connectivity index (χ1) is 31.8. The summed E-state index contributed by atoms with van der Waals surface area (Å²) < 4.78 is 6.48. The first-order valence-corrected chi connectivity index (χ1v) is 22.0. The van der Waals surface area contributed by atoms with Gasteiger partial charge in [0.15, 0.2) is 0 Å². The Bertz CT molecular complexity index is 3510. The molecule has 0 saturated carbocycles. The van der Waals surface area contributed by atoms with Crippen molar-refractivity contribution in [3.05, 3.63) is 265 Å². The zero-order chi connectivity index (χ0) is 42.2. The van der Waals surface area contributed by atoms with Crippen LogP contribution in [0.25, 0.3) is 55.3 Å². The molecule has 3 heteroatoms. The Hall–Kier alpha value is -8.40. The minimum Gasteiger partial charge on any atom is -0.455 e. The van der Waals surface area contributed by atoms with Gasteiger partial charge in [0.2, 0.25) is 0 Å². The molecule has 300 valence electrons. The minimum absolute atomic E-state index is 0.523. The van der Waals surface area contributed by atoms with Crippen LogP contribution in [0.4, 0.5) is 34.1 Å². The molecule has 1 aliphatic heterocycles. The molecule has 1 aromatic heterocycles. The van der Waals surface area contributed by atoms with E-state index in [0.29, 0.717) is 0 Å². The molecule has 0 radical (unpaired) electrons. The maximum atomic E-state index is 6.48. The molecule has 0 fully saturated rings. The van der Waals surface area contributed by atoms with Crippen molar-refractivity contribution in [2.75, 3.05) is 9.80 Å². The van der Waals surface area contributed by atoms with Crippen LogP contribution in [0.1, 0.15) is 22.3 Å². The van der Waals surface area contributed by atoms with E-state index in [9.17, 15) is 0 Å². The van der Waals surface area contributed by atoms with Gasteiger partial charge in [0.05, 0.1) is 16.8 Å². The van der Waals surface area contributed by atoms with Crippen LogP contribution in [0.3, 0.4) is 0 Å². The van der Waals surface area contributed by atoms with Gasteiger partial charge >= 0.3 is 0 Å². The van der Waals surface area contributed by atoms with E-state index < -0.39 is 5.41 Å². The number of nitrogens with zero attached hydrogens (tertiary/aromatic N) is 2. The van der Waals surface area contributed by atoms with Crippen LogP contribution < -0.4 is 9.80 Å². The minimum atomic E-state index is -0.523. The smallest absolute Gasteiger partial charge is 0.143 e. The summed E-state index contributed by atoms with van der Waals surface area (Å²) in [6, 6.07) is 88.2. The van der Waals surface area contributed by atoms with Crippen molar-refractivity contribution in [1.82, 2.24) is 0 Å². The van der Waals surface area contributed by atoms with Crippen LogP contribution >= 0.6 is 0 Å². The van der Waals surface area contributed by atoms with Gasteiger partial charge in [-0.2, -0.15) is 0 Å². The quantitative estimate of drug-likeness (QED) is 0.167.